The van der Waals surface area contributed by atoms with Crippen LogP contribution in [0, 0.1) is 0 Å². The summed E-state index contributed by atoms with van der Waals surface area (Å²) in [5.41, 5.74) is 1.07. The number of hydrogen-bond acceptors (Lipinski definition) is 3. The van der Waals surface area contributed by atoms with E-state index in [0.717, 1.165) is 36.7 Å². The summed E-state index contributed by atoms with van der Waals surface area (Å²) in [6, 6.07) is 4.40. The monoisotopic (exact) mass is 432 g/mol. The maximum Gasteiger partial charge on any atom is 0.218 e. The summed E-state index contributed by atoms with van der Waals surface area (Å²) in [7, 11) is 1.79. The fourth-order valence-electron chi connectivity index (χ4n) is 2.54. The highest BCUT2D eigenvalue weighted by Gasteiger charge is 2.18. The van der Waals surface area contributed by atoms with E-state index in [2.05, 4.69) is 40.5 Å². The number of nitrogens with one attached hydrogen (secondary N) is 2. The first-order valence-electron chi connectivity index (χ1n) is 8.30. The molecule has 5 nitrogen and oxygen atoms in total. The third-order valence-electron chi connectivity index (χ3n) is 4.10. The fourth-order valence-corrected chi connectivity index (χ4v) is 2.54. The summed E-state index contributed by atoms with van der Waals surface area (Å²) < 4.78 is 6.06. The van der Waals surface area contributed by atoms with Gasteiger partial charge in [-0.1, -0.05) is 13.0 Å². The Morgan fingerprint density at radius 2 is 2.17 bits per heavy atom. The van der Waals surface area contributed by atoms with Gasteiger partial charge in [-0.05, 0) is 45.1 Å². The van der Waals surface area contributed by atoms with Crippen LogP contribution in [0.15, 0.2) is 23.3 Å². The Kier molecular flexibility index (Phi) is 9.28. The number of nitrogens with zero attached hydrogens (tertiary/aromatic N) is 2. The molecule has 1 heterocycles. The van der Waals surface area contributed by atoms with Crippen molar-refractivity contribution in [1.29, 1.82) is 0 Å². The molecule has 130 valence electrons. The standard InChI is InChI=1S/C17H28N4O.HI/c1-4-13(2)21-17(18-3)20-12-14-8-7-11-19-16(14)22-15-9-5-6-10-15;/h7-8,11,13,15H,4-6,9-10,12H2,1-3H3,(H2,18,20,21);1H. The Bertz CT molecular complexity index is 489. The summed E-state index contributed by atoms with van der Waals surface area (Å²) in [6.45, 7) is 4.96. The van der Waals surface area contributed by atoms with E-state index in [1.807, 2.05) is 6.07 Å². The van der Waals surface area contributed by atoms with E-state index in [4.69, 9.17) is 4.74 Å². The Hall–Kier alpha value is -1.05. The predicted molar refractivity (Wildman–Crippen MR) is 106 cm³/mol. The van der Waals surface area contributed by atoms with Gasteiger partial charge >= 0.3 is 0 Å². The van der Waals surface area contributed by atoms with Crippen LogP contribution in [0.2, 0.25) is 0 Å². The van der Waals surface area contributed by atoms with Crippen LogP contribution in [0.4, 0.5) is 0 Å². The molecule has 1 aliphatic rings. The average Bonchev–Trinajstić information content (AvgIpc) is 3.05. The summed E-state index contributed by atoms with van der Waals surface area (Å²) >= 11 is 0. The van der Waals surface area contributed by atoms with Crippen LogP contribution in [-0.2, 0) is 6.54 Å². The Morgan fingerprint density at radius 1 is 1.43 bits per heavy atom. The number of aliphatic imine (C=N–C) groups is 1. The number of ether oxygens (including phenoxy) is 1. The number of hydrogen-bond donors (Lipinski definition) is 2. The lowest BCUT2D eigenvalue weighted by Gasteiger charge is -2.18. The normalized spacial score (nSPS) is 16.6. The second-order valence-corrected chi connectivity index (χ2v) is 5.87. The molecule has 0 saturated heterocycles. The Balaban J connectivity index is 0.00000264. The lowest BCUT2D eigenvalue weighted by atomic mass is 10.2. The maximum atomic E-state index is 6.06. The topological polar surface area (TPSA) is 58.5 Å². The second kappa shape index (κ2) is 10.7. The molecule has 0 bridgehead atoms. The SMILES string of the molecule is CCC(C)NC(=NC)NCc1cccnc1OC1CCCC1.I. The van der Waals surface area contributed by atoms with Gasteiger partial charge in [0.1, 0.15) is 6.10 Å². The zero-order valence-corrected chi connectivity index (χ0v) is 16.7. The fraction of sp³-hybridized carbons (Fsp3) is 0.647. The smallest absolute Gasteiger partial charge is 0.218 e. The molecule has 2 N–H and O–H groups in total. The van der Waals surface area contributed by atoms with Crippen molar-refractivity contribution >= 4 is 29.9 Å². The number of pyridine rings is 1. The minimum absolute atomic E-state index is 0. The van der Waals surface area contributed by atoms with Gasteiger partial charge < -0.3 is 15.4 Å². The Morgan fingerprint density at radius 3 is 2.83 bits per heavy atom. The van der Waals surface area contributed by atoms with Crippen LogP contribution in [0.25, 0.3) is 0 Å². The van der Waals surface area contributed by atoms with Gasteiger partial charge in [-0.25, -0.2) is 4.98 Å². The average molecular weight is 432 g/mol. The quantitative estimate of drug-likeness (QED) is 0.411. The van der Waals surface area contributed by atoms with Gasteiger partial charge in [-0.3, -0.25) is 4.99 Å². The highest BCUT2D eigenvalue weighted by molar-refractivity contribution is 14.0. The summed E-state index contributed by atoms with van der Waals surface area (Å²) in [6.07, 6.45) is 7.98. The molecule has 1 atom stereocenters. The molecule has 0 radical (unpaired) electrons. The van der Waals surface area contributed by atoms with Gasteiger partial charge in [0, 0.05) is 31.4 Å². The lowest BCUT2D eigenvalue weighted by Crippen LogP contribution is -2.41. The number of rotatable bonds is 6. The van der Waals surface area contributed by atoms with Crippen molar-refractivity contribution in [2.75, 3.05) is 7.05 Å². The van der Waals surface area contributed by atoms with Gasteiger partial charge in [0.2, 0.25) is 5.88 Å². The van der Waals surface area contributed by atoms with Gasteiger partial charge in [-0.15, -0.1) is 24.0 Å². The van der Waals surface area contributed by atoms with Crippen LogP contribution in [0.1, 0.15) is 51.5 Å². The van der Waals surface area contributed by atoms with Crippen molar-refractivity contribution in [2.24, 2.45) is 4.99 Å². The van der Waals surface area contributed by atoms with E-state index in [-0.39, 0.29) is 24.0 Å². The van der Waals surface area contributed by atoms with Crippen molar-refractivity contribution in [1.82, 2.24) is 15.6 Å². The number of aromatic nitrogens is 1. The van der Waals surface area contributed by atoms with Gasteiger partial charge in [-0.2, -0.15) is 0 Å². The van der Waals surface area contributed by atoms with E-state index in [1.54, 1.807) is 13.2 Å². The number of halogens is 1. The molecule has 1 aromatic rings. The molecule has 6 heteroatoms. The second-order valence-electron chi connectivity index (χ2n) is 5.87. The van der Waals surface area contributed by atoms with Crippen molar-refractivity contribution in [3.8, 4) is 5.88 Å². The molecule has 23 heavy (non-hydrogen) atoms. The molecule has 0 amide bonds. The molecule has 2 rings (SSSR count). The van der Waals surface area contributed by atoms with E-state index in [0.29, 0.717) is 18.7 Å². The lowest BCUT2D eigenvalue weighted by molar-refractivity contribution is 0.199. The third kappa shape index (κ3) is 6.53. The molecule has 1 saturated carbocycles. The highest BCUT2D eigenvalue weighted by atomic mass is 127. The zero-order chi connectivity index (χ0) is 15.8. The highest BCUT2D eigenvalue weighted by Crippen LogP contribution is 2.24. The molecule has 1 fully saturated rings. The third-order valence-corrected chi connectivity index (χ3v) is 4.10. The van der Waals surface area contributed by atoms with E-state index in [9.17, 15) is 0 Å². The summed E-state index contributed by atoms with van der Waals surface area (Å²) in [5.74, 6) is 1.56. The maximum absolute atomic E-state index is 6.06. The largest absolute Gasteiger partial charge is 0.474 e. The van der Waals surface area contributed by atoms with Crippen molar-refractivity contribution in [3.05, 3.63) is 23.9 Å². The van der Waals surface area contributed by atoms with Gasteiger partial charge in [0.05, 0.1) is 0 Å². The molecule has 0 aliphatic heterocycles. The van der Waals surface area contributed by atoms with Crippen molar-refractivity contribution < 1.29 is 4.74 Å². The van der Waals surface area contributed by atoms with Crippen molar-refractivity contribution in [3.63, 3.8) is 0 Å². The van der Waals surface area contributed by atoms with Crippen molar-refractivity contribution in [2.45, 2.75) is 64.6 Å². The van der Waals surface area contributed by atoms with Crippen LogP contribution in [-0.4, -0.2) is 30.1 Å². The van der Waals surface area contributed by atoms with E-state index in [1.165, 1.54) is 12.8 Å². The minimum Gasteiger partial charge on any atom is -0.474 e. The molecule has 1 aliphatic carbocycles. The molecular formula is C17H29IN4O. The first-order valence-corrected chi connectivity index (χ1v) is 8.30. The first kappa shape index (κ1) is 20.0. The first-order chi connectivity index (χ1) is 10.7. The molecular weight excluding hydrogens is 403 g/mol. The van der Waals surface area contributed by atoms with Crippen LogP contribution in [0.3, 0.4) is 0 Å². The van der Waals surface area contributed by atoms with Gasteiger partial charge in [0.25, 0.3) is 0 Å². The minimum atomic E-state index is 0. The van der Waals surface area contributed by atoms with E-state index < -0.39 is 0 Å². The summed E-state index contributed by atoms with van der Waals surface area (Å²) in [5, 5.41) is 6.69. The predicted octanol–water partition coefficient (Wildman–Crippen LogP) is 3.48. The zero-order valence-electron chi connectivity index (χ0n) is 14.3. The van der Waals surface area contributed by atoms with Gasteiger partial charge in [0.15, 0.2) is 5.96 Å². The molecule has 0 aromatic carbocycles. The van der Waals surface area contributed by atoms with Crippen LogP contribution >= 0.6 is 24.0 Å². The molecule has 1 aromatic heterocycles. The molecule has 0 spiro atoms. The van der Waals surface area contributed by atoms with Crippen LogP contribution < -0.4 is 15.4 Å². The summed E-state index contributed by atoms with van der Waals surface area (Å²) in [4.78, 5) is 8.66. The van der Waals surface area contributed by atoms with Crippen LogP contribution in [0.5, 0.6) is 5.88 Å². The molecule has 1 unspecified atom stereocenters. The van der Waals surface area contributed by atoms with E-state index >= 15 is 0 Å². The Labute approximate surface area is 156 Å². The number of guanidine groups is 1.